The first-order valence-corrected chi connectivity index (χ1v) is 20.3. The lowest BCUT2D eigenvalue weighted by Gasteiger charge is -2.59. The highest BCUT2D eigenvalue weighted by molar-refractivity contribution is 6.00. The van der Waals surface area contributed by atoms with Crippen LogP contribution < -0.4 is 10.1 Å². The summed E-state index contributed by atoms with van der Waals surface area (Å²) in [7, 11) is 0. The van der Waals surface area contributed by atoms with Crippen molar-refractivity contribution in [1.82, 2.24) is 24.8 Å². The minimum atomic E-state index is -5.07. The molecule has 7 fully saturated rings. The van der Waals surface area contributed by atoms with Gasteiger partial charge >= 0.3 is 12.1 Å². The summed E-state index contributed by atoms with van der Waals surface area (Å²) < 4.78 is 86.9. The number of aliphatic carboxylic acids is 1. The van der Waals surface area contributed by atoms with Crippen LogP contribution in [0.4, 0.5) is 22.0 Å². The number of piperidine rings is 1. The summed E-state index contributed by atoms with van der Waals surface area (Å²) in [5.41, 5.74) is -3.09. The number of benzene rings is 1. The fourth-order valence-electron chi connectivity index (χ4n) is 11.4. The molecule has 4 bridgehead atoms. The second-order valence-electron chi connectivity index (χ2n) is 17.3. The number of fused-ring (bicyclic) bond motifs is 1. The first kappa shape index (κ1) is 37.7. The maximum Gasteiger partial charge on any atom is 0.434 e. The highest BCUT2D eigenvalue weighted by Gasteiger charge is 2.62. The van der Waals surface area contributed by atoms with Crippen molar-refractivity contribution >= 4 is 22.8 Å². The number of amides is 1. The van der Waals surface area contributed by atoms with Crippen LogP contribution >= 0.6 is 0 Å². The van der Waals surface area contributed by atoms with Gasteiger partial charge in [0.15, 0.2) is 11.5 Å². The van der Waals surface area contributed by atoms with Crippen LogP contribution in [0.1, 0.15) is 106 Å². The Bertz CT molecular complexity index is 1950. The molecule has 2 aromatic heterocycles. The van der Waals surface area contributed by atoms with Gasteiger partial charge in [0.1, 0.15) is 17.4 Å². The smallest absolute Gasteiger partial charge is 0.434 e. The van der Waals surface area contributed by atoms with Crippen molar-refractivity contribution in [3.63, 3.8) is 0 Å². The van der Waals surface area contributed by atoms with E-state index in [1.165, 1.54) is 0 Å². The number of hydrogen-bond acceptors (Lipinski definition) is 7. The van der Waals surface area contributed by atoms with Crippen LogP contribution in [0.5, 0.6) is 5.75 Å². The van der Waals surface area contributed by atoms with Gasteiger partial charge in [-0.2, -0.15) is 13.2 Å². The van der Waals surface area contributed by atoms with E-state index in [4.69, 9.17) is 9.47 Å². The van der Waals surface area contributed by atoms with Gasteiger partial charge in [-0.3, -0.25) is 9.69 Å². The minimum absolute atomic E-state index is 0.0321. The van der Waals surface area contributed by atoms with Crippen molar-refractivity contribution in [3.8, 4) is 17.1 Å². The highest BCUT2D eigenvalue weighted by atomic mass is 19.4. The molecule has 0 spiro atoms. The summed E-state index contributed by atoms with van der Waals surface area (Å²) in [4.78, 5) is 37.4. The summed E-state index contributed by atoms with van der Waals surface area (Å²) in [6, 6.07) is 5.49. The number of nitrogens with zero attached hydrogens (tertiary/aromatic N) is 4. The third-order valence-corrected chi connectivity index (χ3v) is 14.0. The van der Waals surface area contributed by atoms with Crippen molar-refractivity contribution in [2.24, 2.45) is 23.7 Å². The number of ether oxygens (including phenoxy) is 2. The topological polar surface area (TPSA) is 119 Å². The van der Waals surface area contributed by atoms with Crippen LogP contribution in [-0.2, 0) is 15.7 Å². The van der Waals surface area contributed by atoms with Gasteiger partial charge in [0.25, 0.3) is 5.91 Å². The van der Waals surface area contributed by atoms with Gasteiger partial charge in [-0.25, -0.2) is 23.5 Å². The standard InChI is InChI=1S/C41H48F5N5O5/c42-39(43)9-3-28(4-10-39)51-22-33(31-2-1-30(20-34(31)51)56-29-5-11-50(12-6-29)27-7-13-55-14-8-27)36-47-21-32(35(48-36)41(44,45)46)37(52)49-40(38(53)54)25-16-23-15-24(18-25)19-26(40)17-23/h1-2,20-29H,3-19H2,(H,49,52)(H,53,54). The van der Waals surface area contributed by atoms with Crippen LogP contribution in [0.25, 0.3) is 22.3 Å². The Hall–Kier alpha value is -3.85. The normalized spacial score (nSPS) is 30.2. The fraction of sp³-hybridized carbons (Fsp3) is 0.659. The Balaban J connectivity index is 1.02. The lowest BCUT2D eigenvalue weighted by Crippen LogP contribution is -2.70. The van der Waals surface area contributed by atoms with Crippen LogP contribution in [0.15, 0.2) is 30.6 Å². The number of likely N-dealkylation sites (tertiary alicyclic amines) is 1. The van der Waals surface area contributed by atoms with Crippen molar-refractivity contribution in [1.29, 1.82) is 0 Å². The molecule has 3 aromatic rings. The molecule has 1 aromatic carbocycles. The Labute approximate surface area is 321 Å². The molecule has 10 nitrogen and oxygen atoms in total. The zero-order valence-electron chi connectivity index (χ0n) is 31.2. The molecule has 0 radical (unpaired) electrons. The highest BCUT2D eigenvalue weighted by Crippen LogP contribution is 2.58. The summed E-state index contributed by atoms with van der Waals surface area (Å²) in [5.74, 6) is -4.86. The van der Waals surface area contributed by atoms with Crippen LogP contribution in [0.2, 0.25) is 0 Å². The van der Waals surface area contributed by atoms with Crippen molar-refractivity contribution < 1.29 is 46.1 Å². The van der Waals surface area contributed by atoms with E-state index in [0.29, 0.717) is 60.2 Å². The van der Waals surface area contributed by atoms with E-state index in [0.717, 1.165) is 64.6 Å². The second kappa shape index (κ2) is 14.2. The van der Waals surface area contributed by atoms with E-state index in [2.05, 4.69) is 20.2 Å². The number of carbonyl (C=O) groups excluding carboxylic acids is 1. The number of hydrogen-bond donors (Lipinski definition) is 2. The molecular weight excluding hydrogens is 737 g/mol. The Morgan fingerprint density at radius 3 is 2.20 bits per heavy atom. The number of nitrogens with one attached hydrogen (secondary N) is 1. The molecule has 0 atom stereocenters. The van der Waals surface area contributed by atoms with Crippen molar-refractivity contribution in [3.05, 3.63) is 41.9 Å². The summed E-state index contributed by atoms with van der Waals surface area (Å²) in [6.45, 7) is 3.36. The molecule has 5 saturated carbocycles. The van der Waals surface area contributed by atoms with Gasteiger partial charge in [-0.05, 0) is 106 Å². The average Bonchev–Trinajstić information content (AvgIpc) is 3.54. The fourth-order valence-corrected chi connectivity index (χ4v) is 11.4. The van der Waals surface area contributed by atoms with E-state index in [9.17, 15) is 36.6 Å². The first-order chi connectivity index (χ1) is 26.8. The molecular formula is C41H48F5N5O5. The maximum absolute atomic E-state index is 14.8. The van der Waals surface area contributed by atoms with Gasteiger partial charge in [0.05, 0.1) is 11.1 Å². The lowest BCUT2D eigenvalue weighted by molar-refractivity contribution is -0.163. The van der Waals surface area contributed by atoms with Crippen molar-refractivity contribution in [2.75, 3.05) is 26.3 Å². The zero-order valence-corrected chi connectivity index (χ0v) is 31.2. The maximum atomic E-state index is 14.8. The number of halogens is 5. The largest absolute Gasteiger partial charge is 0.490 e. The molecule has 2 saturated heterocycles. The van der Waals surface area contributed by atoms with E-state index >= 15 is 0 Å². The number of alkyl halides is 5. The van der Waals surface area contributed by atoms with Gasteiger partial charge in [0.2, 0.25) is 5.92 Å². The molecule has 4 heterocycles. The molecule has 2 aliphatic heterocycles. The lowest BCUT2D eigenvalue weighted by atomic mass is 9.48. The van der Waals surface area contributed by atoms with E-state index in [1.54, 1.807) is 18.3 Å². The number of carbonyl (C=O) groups is 2. The van der Waals surface area contributed by atoms with E-state index in [-0.39, 0.29) is 61.1 Å². The van der Waals surface area contributed by atoms with E-state index in [1.807, 2.05) is 10.6 Å². The summed E-state index contributed by atoms with van der Waals surface area (Å²) >= 11 is 0. The zero-order chi connectivity index (χ0) is 39.0. The summed E-state index contributed by atoms with van der Waals surface area (Å²) in [6.07, 6.45) is 4.29. The predicted octanol–water partition coefficient (Wildman–Crippen LogP) is 7.90. The van der Waals surface area contributed by atoms with Crippen molar-refractivity contribution in [2.45, 2.75) is 119 Å². The third kappa shape index (κ3) is 6.83. The number of carboxylic acid groups (broad SMARTS) is 1. The molecule has 56 heavy (non-hydrogen) atoms. The molecule has 15 heteroatoms. The first-order valence-electron chi connectivity index (χ1n) is 20.3. The minimum Gasteiger partial charge on any atom is -0.490 e. The molecule has 5 aliphatic carbocycles. The molecule has 302 valence electrons. The monoisotopic (exact) mass is 785 g/mol. The van der Waals surface area contributed by atoms with Crippen LogP contribution in [0, 0.1) is 23.7 Å². The number of aromatic nitrogens is 3. The summed E-state index contributed by atoms with van der Waals surface area (Å²) in [5, 5.41) is 13.6. The second-order valence-corrected chi connectivity index (χ2v) is 17.3. The van der Waals surface area contributed by atoms with Crippen LogP contribution in [-0.4, -0.2) is 86.3 Å². The Morgan fingerprint density at radius 1 is 0.911 bits per heavy atom. The van der Waals surface area contributed by atoms with Gasteiger partial charge in [-0.15, -0.1) is 0 Å². The average molecular weight is 786 g/mol. The molecule has 1 amide bonds. The molecule has 0 unspecified atom stereocenters. The molecule has 2 N–H and O–H groups in total. The SMILES string of the molecule is O=C(NC1(C(=O)O)C2CC3CC(C2)CC1C3)c1cnc(-c2cn(C3CCC(F)(F)CC3)c3cc(OC4CCN(C5CCOCC5)CC4)ccc23)nc1C(F)(F)F. The predicted molar refractivity (Wildman–Crippen MR) is 194 cm³/mol. The van der Waals surface area contributed by atoms with E-state index < -0.39 is 40.8 Å². The van der Waals surface area contributed by atoms with Gasteiger partial charge in [-0.1, -0.05) is 0 Å². The number of rotatable bonds is 8. The van der Waals surface area contributed by atoms with Crippen LogP contribution in [0.3, 0.4) is 0 Å². The Kier molecular flexibility index (Phi) is 9.57. The quantitative estimate of drug-likeness (QED) is 0.222. The molecule has 7 aliphatic rings. The Morgan fingerprint density at radius 2 is 1.57 bits per heavy atom. The number of carboxylic acids is 1. The molecule has 10 rings (SSSR count). The van der Waals surface area contributed by atoms with Gasteiger partial charge < -0.3 is 24.5 Å². The third-order valence-electron chi connectivity index (χ3n) is 14.0. The van der Waals surface area contributed by atoms with Gasteiger partial charge in [0, 0.05) is 80.6 Å².